The summed E-state index contributed by atoms with van der Waals surface area (Å²) in [5.74, 6) is 0.450. The highest BCUT2D eigenvalue weighted by Crippen LogP contribution is 2.40. The fourth-order valence-electron chi connectivity index (χ4n) is 2.22. The highest BCUT2D eigenvalue weighted by Gasteiger charge is 2.47. The van der Waals surface area contributed by atoms with Gasteiger partial charge in [-0.1, -0.05) is 17.7 Å². The highest BCUT2D eigenvalue weighted by molar-refractivity contribution is 7.85. The van der Waals surface area contributed by atoms with Crippen molar-refractivity contribution in [1.82, 2.24) is 5.32 Å². The van der Waals surface area contributed by atoms with Gasteiger partial charge in [0.1, 0.15) is 5.78 Å². The molecule has 1 aliphatic heterocycles. The van der Waals surface area contributed by atoms with Gasteiger partial charge in [0.25, 0.3) is 10.1 Å². The van der Waals surface area contributed by atoms with Crippen LogP contribution in [0.5, 0.6) is 0 Å². The molecule has 6 heteroatoms. The van der Waals surface area contributed by atoms with E-state index in [9.17, 15) is 13.2 Å². The Hall–Kier alpha value is -1.24. The van der Waals surface area contributed by atoms with Crippen LogP contribution in [0.1, 0.15) is 18.4 Å². The number of benzene rings is 1. The van der Waals surface area contributed by atoms with Crippen molar-refractivity contribution in [2.45, 2.75) is 24.7 Å². The van der Waals surface area contributed by atoms with E-state index in [0.717, 1.165) is 31.5 Å². The fraction of sp³-hybridized carbons (Fsp3) is 0.462. The van der Waals surface area contributed by atoms with Gasteiger partial charge in [0.05, 0.1) is 4.90 Å². The Morgan fingerprint density at radius 1 is 1.16 bits per heavy atom. The van der Waals surface area contributed by atoms with Crippen LogP contribution in [0.25, 0.3) is 0 Å². The summed E-state index contributed by atoms with van der Waals surface area (Å²) in [5.41, 5.74) is 1.41. The van der Waals surface area contributed by atoms with E-state index in [1.807, 2.05) is 6.92 Å². The summed E-state index contributed by atoms with van der Waals surface area (Å²) in [6, 6.07) is 5.99. The molecule has 2 aliphatic rings. The molecule has 1 spiro atoms. The van der Waals surface area contributed by atoms with Crippen molar-refractivity contribution in [3.05, 3.63) is 29.8 Å². The minimum atomic E-state index is -4.02. The standard InChI is InChI=1S/C7H8O3S.C6H9NO/c1-6-2-4-7(5-3-6)11(8,9)10;8-5-1-6(2-5)3-7-4-6/h2-5H,1H3,(H,8,9,10);7H,1-4H2. The molecule has 1 aliphatic carbocycles. The summed E-state index contributed by atoms with van der Waals surface area (Å²) < 4.78 is 29.6. The first kappa shape index (κ1) is 14.2. The molecule has 1 heterocycles. The zero-order chi connectivity index (χ0) is 14.1. The quantitative estimate of drug-likeness (QED) is 0.756. The van der Waals surface area contributed by atoms with E-state index in [1.54, 1.807) is 12.1 Å². The Morgan fingerprint density at radius 3 is 1.95 bits per heavy atom. The van der Waals surface area contributed by atoms with Gasteiger partial charge in [0.15, 0.2) is 0 Å². The average Bonchev–Trinajstić information content (AvgIpc) is 2.22. The number of ketones is 1. The second-order valence-electron chi connectivity index (χ2n) is 5.28. The highest BCUT2D eigenvalue weighted by atomic mass is 32.2. The van der Waals surface area contributed by atoms with Crippen LogP contribution in [0.4, 0.5) is 0 Å². The summed E-state index contributed by atoms with van der Waals surface area (Å²) in [7, 11) is -4.02. The molecule has 0 bridgehead atoms. The summed E-state index contributed by atoms with van der Waals surface area (Å²) in [6.07, 6.45) is 1.69. The van der Waals surface area contributed by atoms with Crippen LogP contribution in [0, 0.1) is 12.3 Å². The van der Waals surface area contributed by atoms with Gasteiger partial charge in [0, 0.05) is 31.3 Å². The van der Waals surface area contributed by atoms with Crippen LogP contribution in [0.15, 0.2) is 29.2 Å². The maximum absolute atomic E-state index is 10.5. The Kier molecular flexibility index (Phi) is 3.75. The van der Waals surface area contributed by atoms with Crippen molar-refractivity contribution in [3.8, 4) is 0 Å². The van der Waals surface area contributed by atoms with Gasteiger partial charge in [-0.25, -0.2) is 0 Å². The van der Waals surface area contributed by atoms with Crippen LogP contribution in [0.2, 0.25) is 0 Å². The van der Waals surface area contributed by atoms with E-state index >= 15 is 0 Å². The third kappa shape index (κ3) is 3.40. The topological polar surface area (TPSA) is 83.5 Å². The van der Waals surface area contributed by atoms with Crippen molar-refractivity contribution < 1.29 is 17.8 Å². The molecule has 2 fully saturated rings. The monoisotopic (exact) mass is 283 g/mol. The number of carbonyl (C=O) groups excluding carboxylic acids is 1. The predicted molar refractivity (Wildman–Crippen MR) is 70.5 cm³/mol. The summed E-state index contributed by atoms with van der Waals surface area (Å²) in [5, 5.41) is 3.17. The van der Waals surface area contributed by atoms with Crippen LogP contribution >= 0.6 is 0 Å². The number of hydrogen-bond donors (Lipinski definition) is 2. The lowest BCUT2D eigenvalue weighted by molar-refractivity contribution is -0.135. The predicted octanol–water partition coefficient (Wildman–Crippen LogP) is 1.18. The normalized spacial score (nSPS) is 20.0. The van der Waals surface area contributed by atoms with Gasteiger partial charge in [-0.15, -0.1) is 0 Å². The van der Waals surface area contributed by atoms with Crippen molar-refractivity contribution in [1.29, 1.82) is 0 Å². The molecule has 5 nitrogen and oxygen atoms in total. The average molecular weight is 283 g/mol. The number of Topliss-reactive ketones (excluding diaryl/α,β-unsaturated/α-hetero) is 1. The van der Waals surface area contributed by atoms with E-state index < -0.39 is 10.1 Å². The molecular formula is C13H17NO4S. The Morgan fingerprint density at radius 2 is 1.68 bits per heavy atom. The lowest BCUT2D eigenvalue weighted by atomic mass is 9.64. The summed E-state index contributed by atoms with van der Waals surface area (Å²) in [6.45, 7) is 4.01. The van der Waals surface area contributed by atoms with Crippen LogP contribution in [0.3, 0.4) is 0 Å². The van der Waals surface area contributed by atoms with Gasteiger partial charge in [0.2, 0.25) is 0 Å². The second-order valence-corrected chi connectivity index (χ2v) is 6.71. The van der Waals surface area contributed by atoms with Gasteiger partial charge in [-0.2, -0.15) is 8.42 Å². The number of rotatable bonds is 1. The first-order valence-corrected chi connectivity index (χ1v) is 7.51. The van der Waals surface area contributed by atoms with E-state index in [2.05, 4.69) is 5.32 Å². The van der Waals surface area contributed by atoms with Gasteiger partial charge in [-0.3, -0.25) is 9.35 Å². The third-order valence-corrected chi connectivity index (χ3v) is 4.33. The SMILES string of the molecule is Cc1ccc(S(=O)(=O)O)cc1.O=C1CC2(CNC2)C1. The molecule has 1 aromatic rings. The lowest BCUT2D eigenvalue weighted by Gasteiger charge is -2.48. The zero-order valence-electron chi connectivity index (χ0n) is 10.7. The molecule has 2 N–H and O–H groups in total. The molecule has 1 saturated heterocycles. The van der Waals surface area contributed by atoms with Gasteiger partial charge in [-0.05, 0) is 19.1 Å². The van der Waals surface area contributed by atoms with Crippen LogP contribution < -0.4 is 5.32 Å². The minimum absolute atomic E-state index is 0.0666. The Balaban J connectivity index is 0.000000146. The van der Waals surface area contributed by atoms with Crippen LogP contribution in [-0.2, 0) is 14.9 Å². The summed E-state index contributed by atoms with van der Waals surface area (Å²) >= 11 is 0. The van der Waals surface area contributed by atoms with Gasteiger partial charge >= 0.3 is 0 Å². The number of aryl methyl sites for hydroxylation is 1. The molecule has 0 unspecified atom stereocenters. The second kappa shape index (κ2) is 5.03. The van der Waals surface area contributed by atoms with Crippen molar-refractivity contribution in [2.75, 3.05) is 13.1 Å². The Bertz CT molecular complexity index is 563. The Labute approximate surface area is 112 Å². The molecule has 3 rings (SSSR count). The van der Waals surface area contributed by atoms with Gasteiger partial charge < -0.3 is 5.32 Å². The lowest BCUT2D eigenvalue weighted by Crippen LogP contribution is -2.60. The first-order valence-electron chi connectivity index (χ1n) is 6.07. The molecule has 104 valence electrons. The van der Waals surface area contributed by atoms with Crippen molar-refractivity contribution in [3.63, 3.8) is 0 Å². The smallest absolute Gasteiger partial charge is 0.294 e. The molecule has 1 aromatic carbocycles. The van der Waals surface area contributed by atoms with Crippen molar-refractivity contribution in [2.24, 2.45) is 5.41 Å². The first-order chi connectivity index (χ1) is 8.81. The number of carbonyl (C=O) groups is 1. The molecule has 19 heavy (non-hydrogen) atoms. The van der Waals surface area contributed by atoms with E-state index in [1.165, 1.54) is 12.1 Å². The molecular weight excluding hydrogens is 266 g/mol. The third-order valence-electron chi connectivity index (χ3n) is 3.46. The van der Waals surface area contributed by atoms with Crippen molar-refractivity contribution >= 4 is 15.9 Å². The number of hydrogen-bond acceptors (Lipinski definition) is 4. The largest absolute Gasteiger partial charge is 0.315 e. The summed E-state index contributed by atoms with van der Waals surface area (Å²) in [4.78, 5) is 10.4. The number of nitrogens with one attached hydrogen (secondary N) is 1. The maximum atomic E-state index is 10.5. The van der Waals surface area contributed by atoms with E-state index in [4.69, 9.17) is 4.55 Å². The molecule has 0 atom stereocenters. The molecule has 1 saturated carbocycles. The molecule has 0 aromatic heterocycles. The maximum Gasteiger partial charge on any atom is 0.294 e. The molecule has 0 amide bonds. The van der Waals surface area contributed by atoms with Crippen LogP contribution in [-0.4, -0.2) is 31.8 Å². The minimum Gasteiger partial charge on any atom is -0.315 e. The zero-order valence-corrected chi connectivity index (χ0v) is 11.5. The van der Waals surface area contributed by atoms with E-state index in [0.29, 0.717) is 11.2 Å². The molecule has 0 radical (unpaired) electrons. The van der Waals surface area contributed by atoms with E-state index in [-0.39, 0.29) is 4.90 Å². The fourth-order valence-corrected chi connectivity index (χ4v) is 2.70.